The highest BCUT2D eigenvalue weighted by molar-refractivity contribution is 6.11. The maximum Gasteiger partial charge on any atom is 0.164 e. The number of hydrogen-bond donors (Lipinski definition) is 0. The van der Waals surface area contributed by atoms with Crippen molar-refractivity contribution in [3.8, 4) is 79.0 Å². The SMILES string of the molecule is c1ccc(-c2ccc3cc(-c4nc(-c5ccc6ccccc6c5)nc(-c5cccc6c5-c5cccc7c(-c8ccccc8)ccc(c57)O6)n4)ccc3c2)cc1. The zero-order valence-electron chi connectivity index (χ0n) is 29.6. The van der Waals surface area contributed by atoms with Crippen molar-refractivity contribution in [1.82, 2.24) is 15.0 Å². The van der Waals surface area contributed by atoms with Crippen LogP contribution in [0.5, 0.6) is 11.5 Å². The first-order valence-corrected chi connectivity index (χ1v) is 18.5. The van der Waals surface area contributed by atoms with Crippen LogP contribution in [0, 0.1) is 0 Å². The van der Waals surface area contributed by atoms with Gasteiger partial charge in [-0.2, -0.15) is 0 Å². The average molecular weight is 702 g/mol. The molecule has 4 heteroatoms. The van der Waals surface area contributed by atoms with Gasteiger partial charge in [-0.1, -0.05) is 158 Å². The lowest BCUT2D eigenvalue weighted by Crippen LogP contribution is -2.04. The minimum Gasteiger partial charge on any atom is -0.456 e. The van der Waals surface area contributed by atoms with Crippen molar-refractivity contribution in [2.24, 2.45) is 0 Å². The van der Waals surface area contributed by atoms with Crippen molar-refractivity contribution in [3.63, 3.8) is 0 Å². The van der Waals surface area contributed by atoms with Gasteiger partial charge in [-0.3, -0.25) is 0 Å². The minimum absolute atomic E-state index is 0.591. The van der Waals surface area contributed by atoms with E-state index in [9.17, 15) is 0 Å². The molecule has 0 aliphatic carbocycles. The Kier molecular flexibility index (Phi) is 7.14. The lowest BCUT2D eigenvalue weighted by atomic mass is 9.88. The van der Waals surface area contributed by atoms with Crippen molar-refractivity contribution < 1.29 is 4.74 Å². The van der Waals surface area contributed by atoms with Gasteiger partial charge in [0, 0.05) is 27.6 Å². The summed E-state index contributed by atoms with van der Waals surface area (Å²) in [5, 5.41) is 6.80. The van der Waals surface area contributed by atoms with E-state index in [0.29, 0.717) is 17.5 Å². The van der Waals surface area contributed by atoms with Crippen LogP contribution in [-0.2, 0) is 0 Å². The Bertz CT molecular complexity index is 3120. The van der Waals surface area contributed by atoms with E-state index in [1.54, 1.807) is 0 Å². The van der Waals surface area contributed by atoms with Gasteiger partial charge in [0.25, 0.3) is 0 Å². The summed E-state index contributed by atoms with van der Waals surface area (Å²) in [5.74, 6) is 3.44. The number of hydrogen-bond acceptors (Lipinski definition) is 4. The van der Waals surface area contributed by atoms with Crippen LogP contribution in [0.25, 0.3) is 99.9 Å². The molecule has 1 aromatic heterocycles. The van der Waals surface area contributed by atoms with Crippen molar-refractivity contribution in [1.29, 1.82) is 0 Å². The molecule has 0 radical (unpaired) electrons. The van der Waals surface area contributed by atoms with Crippen LogP contribution < -0.4 is 4.74 Å². The van der Waals surface area contributed by atoms with Crippen LogP contribution in [0.1, 0.15) is 0 Å². The second kappa shape index (κ2) is 12.6. The third kappa shape index (κ3) is 5.34. The molecule has 4 nitrogen and oxygen atoms in total. The lowest BCUT2D eigenvalue weighted by Gasteiger charge is -2.24. The molecule has 2 heterocycles. The van der Waals surface area contributed by atoms with Crippen LogP contribution in [0.4, 0.5) is 0 Å². The smallest absolute Gasteiger partial charge is 0.164 e. The van der Waals surface area contributed by atoms with Crippen molar-refractivity contribution in [3.05, 3.63) is 188 Å². The molecule has 0 amide bonds. The zero-order chi connectivity index (χ0) is 36.3. The largest absolute Gasteiger partial charge is 0.456 e. The van der Waals surface area contributed by atoms with Gasteiger partial charge in [0.1, 0.15) is 11.5 Å². The second-order valence-electron chi connectivity index (χ2n) is 14.0. The van der Waals surface area contributed by atoms with Crippen LogP contribution in [-0.4, -0.2) is 15.0 Å². The summed E-state index contributed by atoms with van der Waals surface area (Å²) < 4.78 is 6.70. The molecule has 1 aliphatic heterocycles. The van der Waals surface area contributed by atoms with Crippen molar-refractivity contribution in [2.45, 2.75) is 0 Å². The fraction of sp³-hybridized carbons (Fsp3) is 0. The van der Waals surface area contributed by atoms with Gasteiger partial charge in [-0.05, 0) is 85.1 Å². The van der Waals surface area contributed by atoms with Gasteiger partial charge in [0.15, 0.2) is 17.5 Å². The highest BCUT2D eigenvalue weighted by Gasteiger charge is 2.26. The van der Waals surface area contributed by atoms with Gasteiger partial charge in [-0.25, -0.2) is 15.0 Å². The third-order valence-corrected chi connectivity index (χ3v) is 10.7. The maximum absolute atomic E-state index is 6.70. The van der Waals surface area contributed by atoms with E-state index in [0.717, 1.165) is 66.2 Å². The van der Waals surface area contributed by atoms with Gasteiger partial charge in [0.05, 0.1) is 0 Å². The van der Waals surface area contributed by atoms with Gasteiger partial charge in [-0.15, -0.1) is 0 Å². The monoisotopic (exact) mass is 701 g/mol. The number of nitrogens with zero attached hydrogens (tertiary/aromatic N) is 3. The number of rotatable bonds is 5. The Morgan fingerprint density at radius 1 is 0.309 bits per heavy atom. The summed E-state index contributed by atoms with van der Waals surface area (Å²) in [5.41, 5.74) is 9.52. The van der Waals surface area contributed by atoms with E-state index in [2.05, 4.69) is 170 Å². The topological polar surface area (TPSA) is 47.9 Å². The Labute approximate surface area is 318 Å². The molecule has 55 heavy (non-hydrogen) atoms. The Morgan fingerprint density at radius 2 is 0.873 bits per heavy atom. The average Bonchev–Trinajstić information content (AvgIpc) is 3.26. The molecule has 0 N–H and O–H groups in total. The fourth-order valence-corrected chi connectivity index (χ4v) is 8.01. The first-order valence-electron chi connectivity index (χ1n) is 18.5. The molecule has 1 aliphatic rings. The standard InChI is InChI=1S/C51H31N3O/c1-3-11-32(12-4-1)36-22-23-38-31-40(26-24-37(38)29-36)50-52-49(39-25-21-33-13-7-8-16-35(33)30-39)53-51(54-50)44-19-10-20-45-48(44)43-18-9-17-42-41(34-14-5-2-6-15-34)27-28-46(55-45)47(42)43/h1-31H. The summed E-state index contributed by atoms with van der Waals surface area (Å²) in [6.07, 6.45) is 0. The molecule has 0 saturated carbocycles. The van der Waals surface area contributed by atoms with Gasteiger partial charge < -0.3 is 4.74 Å². The highest BCUT2D eigenvalue weighted by atomic mass is 16.5. The highest BCUT2D eigenvalue weighted by Crippen LogP contribution is 2.51. The molecule has 11 rings (SSSR count). The number of fused-ring (bicyclic) bond motifs is 4. The molecule has 0 spiro atoms. The van der Waals surface area contributed by atoms with E-state index < -0.39 is 0 Å². The van der Waals surface area contributed by atoms with Gasteiger partial charge >= 0.3 is 0 Å². The first kappa shape index (κ1) is 31.1. The zero-order valence-corrected chi connectivity index (χ0v) is 29.6. The maximum atomic E-state index is 6.70. The molecule has 9 aromatic carbocycles. The summed E-state index contributed by atoms with van der Waals surface area (Å²) in [6, 6.07) is 65.7. The molecular weight excluding hydrogens is 671 g/mol. The fourth-order valence-electron chi connectivity index (χ4n) is 8.01. The Morgan fingerprint density at radius 3 is 1.62 bits per heavy atom. The molecule has 0 atom stereocenters. The summed E-state index contributed by atoms with van der Waals surface area (Å²) in [6.45, 7) is 0. The first-order chi connectivity index (χ1) is 27.2. The molecule has 0 bridgehead atoms. The molecule has 10 aromatic rings. The number of aromatic nitrogens is 3. The van der Waals surface area contributed by atoms with Crippen LogP contribution >= 0.6 is 0 Å². The van der Waals surface area contributed by atoms with E-state index in [1.807, 2.05) is 18.2 Å². The normalized spacial score (nSPS) is 11.8. The summed E-state index contributed by atoms with van der Waals surface area (Å²) in [7, 11) is 0. The summed E-state index contributed by atoms with van der Waals surface area (Å²) >= 11 is 0. The van der Waals surface area contributed by atoms with Crippen LogP contribution in [0.3, 0.4) is 0 Å². The van der Waals surface area contributed by atoms with Crippen LogP contribution in [0.2, 0.25) is 0 Å². The Hall–Kier alpha value is -7.43. The van der Waals surface area contributed by atoms with E-state index in [1.165, 1.54) is 27.6 Å². The third-order valence-electron chi connectivity index (χ3n) is 10.7. The molecule has 0 saturated heterocycles. The predicted octanol–water partition coefficient (Wildman–Crippen LogP) is 13.4. The summed E-state index contributed by atoms with van der Waals surface area (Å²) in [4.78, 5) is 15.6. The van der Waals surface area contributed by atoms with Crippen molar-refractivity contribution >= 4 is 32.3 Å². The molecule has 0 fully saturated rings. The van der Waals surface area contributed by atoms with E-state index in [-0.39, 0.29) is 0 Å². The van der Waals surface area contributed by atoms with Crippen LogP contribution in [0.15, 0.2) is 188 Å². The van der Waals surface area contributed by atoms with E-state index in [4.69, 9.17) is 19.7 Å². The van der Waals surface area contributed by atoms with E-state index >= 15 is 0 Å². The molecule has 256 valence electrons. The quantitative estimate of drug-likeness (QED) is 0.179. The molecule has 0 unspecified atom stereocenters. The molecular formula is C51H31N3O. The number of benzene rings is 9. The predicted molar refractivity (Wildman–Crippen MR) is 225 cm³/mol. The minimum atomic E-state index is 0.591. The van der Waals surface area contributed by atoms with Crippen molar-refractivity contribution in [2.75, 3.05) is 0 Å². The lowest BCUT2D eigenvalue weighted by molar-refractivity contribution is 0.487. The second-order valence-corrected chi connectivity index (χ2v) is 14.0. The Balaban J connectivity index is 1.11. The number of ether oxygens (including phenoxy) is 1. The van der Waals surface area contributed by atoms with Gasteiger partial charge in [0.2, 0.25) is 0 Å².